The number of hydrogen-bond donors (Lipinski definition) is 1. The van der Waals surface area contributed by atoms with Crippen LogP contribution in [0, 0.1) is 19.7 Å². The molecule has 0 unspecified atom stereocenters. The molecule has 2 aromatic carbocycles. The Labute approximate surface area is 246 Å². The molecule has 0 spiro atoms. The number of aromatic nitrogens is 5. The molecule has 0 radical (unpaired) electrons. The van der Waals surface area contributed by atoms with Crippen LogP contribution in [0.15, 0.2) is 30.3 Å². The van der Waals surface area contributed by atoms with E-state index in [2.05, 4.69) is 0 Å². The van der Waals surface area contributed by atoms with Crippen molar-refractivity contribution in [3.05, 3.63) is 63.6 Å². The molecule has 1 N–H and O–H groups in total. The molecule has 0 aliphatic carbocycles. The predicted octanol–water partition coefficient (Wildman–Crippen LogP) is 6.63. The van der Waals surface area contributed by atoms with Crippen LogP contribution in [0.2, 0.25) is 5.02 Å². The van der Waals surface area contributed by atoms with Gasteiger partial charge in [-0.3, -0.25) is 0 Å². The van der Waals surface area contributed by atoms with Crippen molar-refractivity contribution in [3.63, 3.8) is 0 Å². The number of benzene rings is 2. The number of halogens is 2. The first-order chi connectivity index (χ1) is 19.8. The molecule has 3 aromatic heterocycles. The summed E-state index contributed by atoms with van der Waals surface area (Å²) in [6.07, 6.45) is 0.00137. The van der Waals surface area contributed by atoms with Crippen molar-refractivity contribution < 1.29 is 23.8 Å². The van der Waals surface area contributed by atoms with E-state index in [1.54, 1.807) is 44.3 Å². The van der Waals surface area contributed by atoms with Crippen molar-refractivity contribution >= 4 is 34.3 Å². The Bertz CT molecular complexity index is 1910. The van der Waals surface area contributed by atoms with Crippen molar-refractivity contribution in [2.45, 2.75) is 59.2 Å². The monoisotopic (exact) mass is 591 g/mol. The van der Waals surface area contributed by atoms with E-state index in [9.17, 15) is 9.90 Å². The largest absolute Gasteiger partial charge is 0.490 e. The first-order valence-electron chi connectivity index (χ1n) is 13.7. The first kappa shape index (κ1) is 28.1. The van der Waals surface area contributed by atoms with Gasteiger partial charge < -0.3 is 19.1 Å². The molecule has 42 heavy (non-hydrogen) atoms. The fraction of sp³-hybridized carbons (Fsp3) is 0.355. The number of ether oxygens (including phenoxy) is 2. The number of nitrogens with zero attached hydrogens (tertiary/aromatic N) is 5. The summed E-state index contributed by atoms with van der Waals surface area (Å²) < 4.78 is 30.8. The van der Waals surface area contributed by atoms with E-state index < -0.39 is 23.5 Å². The van der Waals surface area contributed by atoms with E-state index in [0.717, 1.165) is 28.6 Å². The fourth-order valence-electron chi connectivity index (χ4n) is 5.70. The fourth-order valence-corrected chi connectivity index (χ4v) is 5.86. The van der Waals surface area contributed by atoms with Crippen LogP contribution in [-0.4, -0.2) is 47.4 Å². The summed E-state index contributed by atoms with van der Waals surface area (Å²) in [4.78, 5) is 22.3. The third kappa shape index (κ3) is 4.68. The van der Waals surface area contributed by atoms with Gasteiger partial charge in [0.05, 0.1) is 28.9 Å². The summed E-state index contributed by atoms with van der Waals surface area (Å²) in [7, 11) is 1.87. The average Bonchev–Trinajstić information content (AvgIpc) is 3.48. The number of carbonyl (C=O) groups is 1. The Balaban J connectivity index is 1.68. The minimum atomic E-state index is -1.39. The van der Waals surface area contributed by atoms with Gasteiger partial charge >= 0.3 is 5.97 Å². The molecule has 1 aliphatic rings. The van der Waals surface area contributed by atoms with Gasteiger partial charge in [-0.2, -0.15) is 5.10 Å². The zero-order chi connectivity index (χ0) is 30.1. The summed E-state index contributed by atoms with van der Waals surface area (Å²) in [6, 6.07) is 8.63. The minimum Gasteiger partial charge on any atom is -0.490 e. The maximum Gasteiger partial charge on any atom is 0.337 e. The normalized spacial score (nSPS) is 14.3. The molecular weight excluding hydrogens is 561 g/mol. The third-order valence-corrected chi connectivity index (χ3v) is 7.79. The molecule has 0 saturated heterocycles. The van der Waals surface area contributed by atoms with Crippen LogP contribution in [0.5, 0.6) is 5.75 Å². The summed E-state index contributed by atoms with van der Waals surface area (Å²) in [5.41, 5.74) is 4.92. The van der Waals surface area contributed by atoms with E-state index >= 15 is 4.39 Å². The van der Waals surface area contributed by atoms with Crippen LogP contribution >= 0.6 is 11.6 Å². The van der Waals surface area contributed by atoms with E-state index in [1.807, 2.05) is 30.7 Å². The lowest BCUT2D eigenvalue weighted by molar-refractivity contribution is -0.160. The molecule has 1 aliphatic heterocycles. The van der Waals surface area contributed by atoms with E-state index in [-0.39, 0.29) is 5.75 Å². The molecule has 218 valence electrons. The standard InChI is InChI=1S/C31H31ClFN5O4/c1-15-18-8-7-11-41-27(18)20(33)13-19(15)26-25(28(30(39)40)42-31(3,4)5)16(2)34-24-14-22(36-38(24)26)29-35-21-10-9-17(32)12-23(21)37(29)6/h9-10,12-14,28H,7-8,11H2,1-6H3,(H,39,40)/t28-/m0/s1. The average molecular weight is 592 g/mol. The van der Waals surface area contributed by atoms with Crippen molar-refractivity contribution in [1.29, 1.82) is 0 Å². The summed E-state index contributed by atoms with van der Waals surface area (Å²) >= 11 is 6.24. The summed E-state index contributed by atoms with van der Waals surface area (Å²) in [5, 5.41) is 15.9. The van der Waals surface area contributed by atoms with Crippen molar-refractivity contribution in [1.82, 2.24) is 24.1 Å². The lowest BCUT2D eigenvalue weighted by atomic mass is 9.91. The van der Waals surface area contributed by atoms with Gasteiger partial charge in [-0.15, -0.1) is 0 Å². The zero-order valence-corrected chi connectivity index (χ0v) is 25.0. The maximum atomic E-state index is 15.6. The van der Waals surface area contributed by atoms with Gasteiger partial charge in [0.15, 0.2) is 29.1 Å². The van der Waals surface area contributed by atoms with Crippen molar-refractivity contribution in [2.24, 2.45) is 7.05 Å². The predicted molar refractivity (Wildman–Crippen MR) is 158 cm³/mol. The molecule has 11 heteroatoms. The lowest BCUT2D eigenvalue weighted by Crippen LogP contribution is -2.29. The third-order valence-electron chi connectivity index (χ3n) is 7.55. The minimum absolute atomic E-state index is 0.242. The molecule has 4 heterocycles. The highest BCUT2D eigenvalue weighted by Gasteiger charge is 2.35. The Morgan fingerprint density at radius 2 is 1.95 bits per heavy atom. The number of fused-ring (bicyclic) bond motifs is 3. The van der Waals surface area contributed by atoms with E-state index in [1.165, 1.54) is 6.07 Å². The summed E-state index contributed by atoms with van der Waals surface area (Å²) in [5.74, 6) is -0.881. The van der Waals surface area contributed by atoms with Gasteiger partial charge in [0.2, 0.25) is 0 Å². The molecule has 6 rings (SSSR count). The first-order valence-corrected chi connectivity index (χ1v) is 14.1. The zero-order valence-electron chi connectivity index (χ0n) is 24.2. The van der Waals surface area contributed by atoms with Gasteiger partial charge in [-0.25, -0.2) is 23.7 Å². The Morgan fingerprint density at radius 3 is 2.67 bits per heavy atom. The molecule has 0 bridgehead atoms. The Hall–Kier alpha value is -4.02. The SMILES string of the molecule is Cc1nc2cc(-c3nc4ccc(Cl)cc4n3C)nn2c(-c2cc(F)c3c(c2C)CCCO3)c1[C@H](OC(C)(C)C)C(=O)O. The van der Waals surface area contributed by atoms with Gasteiger partial charge in [-0.1, -0.05) is 11.6 Å². The van der Waals surface area contributed by atoms with Crippen molar-refractivity contribution in [3.8, 4) is 28.5 Å². The van der Waals surface area contributed by atoms with Gasteiger partial charge in [0.1, 0.15) is 5.69 Å². The number of rotatable bonds is 5. The molecule has 0 saturated carbocycles. The number of hydrogen-bond acceptors (Lipinski definition) is 6. The Kier molecular flexibility index (Phi) is 6.74. The maximum absolute atomic E-state index is 15.6. The van der Waals surface area contributed by atoms with Crippen LogP contribution in [-0.2, 0) is 23.0 Å². The van der Waals surface area contributed by atoms with Crippen LogP contribution in [0.25, 0.3) is 39.5 Å². The highest BCUT2D eigenvalue weighted by Crippen LogP contribution is 2.42. The summed E-state index contributed by atoms with van der Waals surface area (Å²) in [6.45, 7) is 9.43. The van der Waals surface area contributed by atoms with Crippen LogP contribution in [0.1, 0.15) is 55.7 Å². The topological polar surface area (TPSA) is 104 Å². The lowest BCUT2D eigenvalue weighted by Gasteiger charge is -2.28. The van der Waals surface area contributed by atoms with Gasteiger partial charge in [-0.05, 0) is 77.3 Å². The second-order valence-corrected chi connectivity index (χ2v) is 12.1. The number of imidazole rings is 1. The molecule has 0 fully saturated rings. The number of aryl methyl sites for hydroxylation is 2. The number of aliphatic carboxylic acids is 1. The number of carboxylic acid groups (broad SMARTS) is 1. The van der Waals surface area contributed by atoms with Crippen LogP contribution in [0.4, 0.5) is 4.39 Å². The molecular formula is C31H31ClFN5O4. The molecule has 0 amide bonds. The second kappa shape index (κ2) is 10.1. The van der Waals surface area contributed by atoms with Gasteiger partial charge in [0, 0.05) is 40.5 Å². The van der Waals surface area contributed by atoms with Crippen LogP contribution in [0.3, 0.4) is 0 Å². The molecule has 5 aromatic rings. The highest BCUT2D eigenvalue weighted by molar-refractivity contribution is 6.31. The smallest absolute Gasteiger partial charge is 0.337 e. The highest BCUT2D eigenvalue weighted by atomic mass is 35.5. The van der Waals surface area contributed by atoms with Crippen LogP contribution < -0.4 is 4.74 Å². The van der Waals surface area contributed by atoms with E-state index in [0.29, 0.717) is 57.7 Å². The van der Waals surface area contributed by atoms with Gasteiger partial charge in [0.25, 0.3) is 0 Å². The second-order valence-electron chi connectivity index (χ2n) is 11.6. The van der Waals surface area contributed by atoms with E-state index in [4.69, 9.17) is 36.1 Å². The quantitative estimate of drug-likeness (QED) is 0.245. The Morgan fingerprint density at radius 1 is 1.19 bits per heavy atom. The van der Waals surface area contributed by atoms with Crippen molar-refractivity contribution in [2.75, 3.05) is 6.61 Å². The molecule has 9 nitrogen and oxygen atoms in total. The molecule has 1 atom stereocenters. The number of carboxylic acids is 1.